The molecule has 0 unspecified atom stereocenters. The van der Waals surface area contributed by atoms with E-state index < -0.39 is 5.97 Å². The quantitative estimate of drug-likeness (QED) is 0.723. The molecule has 2 aromatic carbocycles. The highest BCUT2D eigenvalue weighted by molar-refractivity contribution is 5.93. The molecule has 1 N–H and O–H groups in total. The van der Waals surface area contributed by atoms with Crippen molar-refractivity contribution in [2.75, 3.05) is 0 Å². The fourth-order valence-electron chi connectivity index (χ4n) is 2.38. The van der Waals surface area contributed by atoms with Gasteiger partial charge in [0.1, 0.15) is 5.82 Å². The largest absolute Gasteiger partial charge is 0.478 e. The van der Waals surface area contributed by atoms with Crippen LogP contribution in [-0.2, 0) is 4.79 Å². The summed E-state index contributed by atoms with van der Waals surface area (Å²) in [7, 11) is 0. The van der Waals surface area contributed by atoms with Crippen LogP contribution in [0.15, 0.2) is 60.3 Å². The molecule has 0 spiro atoms. The molecule has 1 heterocycles. The average Bonchev–Trinajstić information content (AvgIpc) is 2.54. The van der Waals surface area contributed by atoms with E-state index in [1.807, 2.05) is 30.3 Å². The molecule has 0 aliphatic carbocycles. The Morgan fingerprint density at radius 3 is 2.70 bits per heavy atom. The van der Waals surface area contributed by atoms with Crippen LogP contribution >= 0.6 is 0 Å². The molecule has 0 atom stereocenters. The molecule has 114 valence electrons. The van der Waals surface area contributed by atoms with Gasteiger partial charge >= 0.3 is 5.97 Å². The summed E-state index contributed by atoms with van der Waals surface area (Å²) in [6, 6.07) is 13.8. The van der Waals surface area contributed by atoms with Gasteiger partial charge in [-0.05, 0) is 54.5 Å². The van der Waals surface area contributed by atoms with E-state index in [0.717, 1.165) is 27.6 Å². The number of carbonyl (C=O) groups is 1. The van der Waals surface area contributed by atoms with Crippen molar-refractivity contribution in [3.05, 3.63) is 71.7 Å². The highest BCUT2D eigenvalue weighted by atomic mass is 19.1. The topological polar surface area (TPSA) is 50.2 Å². The monoisotopic (exact) mass is 307 g/mol. The van der Waals surface area contributed by atoms with Crippen LogP contribution in [0.1, 0.15) is 12.5 Å². The lowest BCUT2D eigenvalue weighted by atomic mass is 10.0. The van der Waals surface area contributed by atoms with E-state index >= 15 is 0 Å². The first-order valence-electron chi connectivity index (χ1n) is 7.10. The van der Waals surface area contributed by atoms with Gasteiger partial charge in [0.2, 0.25) is 0 Å². The molecule has 0 fully saturated rings. The minimum Gasteiger partial charge on any atom is -0.478 e. The first kappa shape index (κ1) is 14.9. The van der Waals surface area contributed by atoms with E-state index in [0.29, 0.717) is 0 Å². The second-order valence-electron chi connectivity index (χ2n) is 5.32. The lowest BCUT2D eigenvalue weighted by Crippen LogP contribution is -1.95. The summed E-state index contributed by atoms with van der Waals surface area (Å²) in [5, 5.41) is 9.83. The number of nitrogens with zero attached hydrogens (tertiary/aromatic N) is 1. The molecule has 3 nitrogen and oxygen atoms in total. The first-order chi connectivity index (χ1) is 11.0. The Hall–Kier alpha value is -3.01. The normalized spacial score (nSPS) is 11.7. The summed E-state index contributed by atoms with van der Waals surface area (Å²) < 4.78 is 13.4. The molecule has 0 saturated carbocycles. The van der Waals surface area contributed by atoms with Gasteiger partial charge in [0, 0.05) is 22.7 Å². The predicted octanol–water partition coefficient (Wildman–Crippen LogP) is 4.53. The minimum absolute atomic E-state index is 0.263. The summed E-state index contributed by atoms with van der Waals surface area (Å²) in [5.74, 6) is -1.24. The Balaban J connectivity index is 2.08. The molecule has 4 heteroatoms. The standard InChI is InChI=1S/C19H14FNO2/c1-12(19(22)23)7-13-5-6-18-15(8-13)9-16(11-21-18)14-3-2-4-17(20)10-14/h2-11H,1H3,(H,22,23)/b12-7+. The van der Waals surface area contributed by atoms with Crippen LogP contribution in [-0.4, -0.2) is 16.1 Å². The molecular formula is C19H14FNO2. The van der Waals surface area contributed by atoms with Gasteiger partial charge in [-0.3, -0.25) is 4.98 Å². The summed E-state index contributed by atoms with van der Waals surface area (Å²) in [4.78, 5) is 15.3. The zero-order chi connectivity index (χ0) is 16.4. The summed E-state index contributed by atoms with van der Waals surface area (Å²) in [6.07, 6.45) is 3.31. The van der Waals surface area contributed by atoms with Crippen LogP contribution in [0.25, 0.3) is 28.1 Å². The van der Waals surface area contributed by atoms with Crippen LogP contribution < -0.4 is 0 Å². The summed E-state index contributed by atoms with van der Waals surface area (Å²) >= 11 is 0. The van der Waals surface area contributed by atoms with Gasteiger partial charge in [0.05, 0.1) is 5.52 Å². The number of halogens is 1. The number of fused-ring (bicyclic) bond motifs is 1. The molecular weight excluding hydrogens is 293 g/mol. The smallest absolute Gasteiger partial charge is 0.331 e. The number of carboxylic acid groups (broad SMARTS) is 1. The maximum Gasteiger partial charge on any atom is 0.331 e. The Labute approximate surface area is 132 Å². The van der Waals surface area contributed by atoms with Crippen molar-refractivity contribution in [2.45, 2.75) is 6.92 Å². The molecule has 23 heavy (non-hydrogen) atoms. The van der Waals surface area contributed by atoms with Gasteiger partial charge in [0.25, 0.3) is 0 Å². The minimum atomic E-state index is -0.947. The number of benzene rings is 2. The van der Waals surface area contributed by atoms with Gasteiger partial charge < -0.3 is 5.11 Å². The van der Waals surface area contributed by atoms with E-state index in [-0.39, 0.29) is 11.4 Å². The Morgan fingerprint density at radius 1 is 1.13 bits per heavy atom. The molecule has 0 aliphatic rings. The van der Waals surface area contributed by atoms with Crippen molar-refractivity contribution in [3.8, 4) is 11.1 Å². The van der Waals surface area contributed by atoms with Crippen LogP contribution in [0.5, 0.6) is 0 Å². The maximum atomic E-state index is 13.4. The van der Waals surface area contributed by atoms with Crippen LogP contribution in [0.3, 0.4) is 0 Å². The molecule has 0 amide bonds. The van der Waals surface area contributed by atoms with Crippen molar-refractivity contribution in [2.24, 2.45) is 0 Å². The third-order valence-electron chi connectivity index (χ3n) is 3.58. The number of pyridine rings is 1. The van der Waals surface area contributed by atoms with Gasteiger partial charge in [-0.1, -0.05) is 18.2 Å². The van der Waals surface area contributed by atoms with Crippen molar-refractivity contribution in [1.82, 2.24) is 4.98 Å². The number of hydrogen-bond donors (Lipinski definition) is 1. The van der Waals surface area contributed by atoms with Gasteiger partial charge in [-0.15, -0.1) is 0 Å². The Kier molecular flexibility index (Phi) is 3.89. The van der Waals surface area contributed by atoms with E-state index in [9.17, 15) is 9.18 Å². The van der Waals surface area contributed by atoms with E-state index in [4.69, 9.17) is 5.11 Å². The lowest BCUT2D eigenvalue weighted by molar-refractivity contribution is -0.132. The second kappa shape index (κ2) is 6.01. The van der Waals surface area contributed by atoms with E-state index in [2.05, 4.69) is 4.98 Å². The zero-order valence-corrected chi connectivity index (χ0v) is 12.5. The fraction of sp³-hybridized carbons (Fsp3) is 0.0526. The first-order valence-corrected chi connectivity index (χ1v) is 7.10. The van der Waals surface area contributed by atoms with Crippen LogP contribution in [0.4, 0.5) is 4.39 Å². The molecule has 3 aromatic rings. The summed E-state index contributed by atoms with van der Waals surface area (Å²) in [6.45, 7) is 1.55. The summed E-state index contributed by atoms with van der Waals surface area (Å²) in [5.41, 5.74) is 3.42. The van der Waals surface area contributed by atoms with Gasteiger partial charge in [-0.25, -0.2) is 9.18 Å². The molecule has 0 saturated heterocycles. The van der Waals surface area contributed by atoms with Crippen molar-refractivity contribution < 1.29 is 14.3 Å². The number of hydrogen-bond acceptors (Lipinski definition) is 2. The molecule has 0 aliphatic heterocycles. The highest BCUT2D eigenvalue weighted by Gasteiger charge is 2.04. The van der Waals surface area contributed by atoms with Gasteiger partial charge in [-0.2, -0.15) is 0 Å². The zero-order valence-electron chi connectivity index (χ0n) is 12.5. The SMILES string of the molecule is C/C(=C\c1ccc2ncc(-c3cccc(F)c3)cc2c1)C(=O)O. The van der Waals surface area contributed by atoms with Crippen molar-refractivity contribution in [1.29, 1.82) is 0 Å². The number of rotatable bonds is 3. The predicted molar refractivity (Wildman–Crippen MR) is 88.4 cm³/mol. The molecule has 0 bridgehead atoms. The molecule has 3 rings (SSSR count). The lowest BCUT2D eigenvalue weighted by Gasteiger charge is -2.05. The number of aliphatic carboxylic acids is 1. The van der Waals surface area contributed by atoms with Crippen molar-refractivity contribution in [3.63, 3.8) is 0 Å². The molecule has 0 radical (unpaired) electrons. The third kappa shape index (κ3) is 3.26. The van der Waals surface area contributed by atoms with E-state index in [1.165, 1.54) is 12.1 Å². The second-order valence-corrected chi connectivity index (χ2v) is 5.32. The Morgan fingerprint density at radius 2 is 1.96 bits per heavy atom. The van der Waals surface area contributed by atoms with Crippen molar-refractivity contribution >= 4 is 22.9 Å². The average molecular weight is 307 g/mol. The number of aromatic nitrogens is 1. The van der Waals surface area contributed by atoms with E-state index in [1.54, 1.807) is 25.3 Å². The van der Waals surface area contributed by atoms with Crippen LogP contribution in [0, 0.1) is 5.82 Å². The Bertz CT molecular complexity index is 932. The third-order valence-corrected chi connectivity index (χ3v) is 3.58. The molecule has 1 aromatic heterocycles. The fourth-order valence-corrected chi connectivity index (χ4v) is 2.38. The maximum absolute atomic E-state index is 13.4. The van der Waals surface area contributed by atoms with Crippen LogP contribution in [0.2, 0.25) is 0 Å². The number of carboxylic acids is 1. The van der Waals surface area contributed by atoms with Gasteiger partial charge in [0.15, 0.2) is 0 Å². The highest BCUT2D eigenvalue weighted by Crippen LogP contribution is 2.24.